The van der Waals surface area contributed by atoms with Gasteiger partial charge in [-0.05, 0) is 31.0 Å². The molecule has 0 aliphatic carbocycles. The summed E-state index contributed by atoms with van der Waals surface area (Å²) < 4.78 is 11.1. The minimum absolute atomic E-state index is 0.182. The van der Waals surface area contributed by atoms with Crippen molar-refractivity contribution < 1.29 is 9.32 Å². The molecule has 1 aromatic carbocycles. The van der Waals surface area contributed by atoms with E-state index in [4.69, 9.17) is 0 Å². The number of hydrogen-bond donors (Lipinski definition) is 1. The van der Waals surface area contributed by atoms with Gasteiger partial charge < -0.3 is 5.11 Å². The molecule has 0 saturated heterocycles. The standard InChI is InChI=1S/C8H8O2S/c1-4-3-6(9)8-7(5(4)2)11(8)10/h3,9H,1-2H3. The highest BCUT2D eigenvalue weighted by Crippen LogP contribution is 2.46. The molecule has 0 amide bonds. The topological polar surface area (TPSA) is 37.3 Å². The van der Waals surface area contributed by atoms with Gasteiger partial charge in [-0.2, -0.15) is 0 Å². The number of phenols is 1. The van der Waals surface area contributed by atoms with Crippen LogP contribution in [0.5, 0.6) is 5.75 Å². The Morgan fingerprint density at radius 3 is 2.64 bits per heavy atom. The molecular weight excluding hydrogens is 160 g/mol. The second kappa shape index (κ2) is 1.85. The first kappa shape index (κ1) is 6.85. The van der Waals surface area contributed by atoms with Crippen molar-refractivity contribution in [1.29, 1.82) is 0 Å². The van der Waals surface area contributed by atoms with Gasteiger partial charge in [0.1, 0.15) is 10.6 Å². The van der Waals surface area contributed by atoms with E-state index in [0.29, 0.717) is 4.90 Å². The predicted molar refractivity (Wildman–Crippen MR) is 42.3 cm³/mol. The molecule has 1 heterocycles. The van der Waals surface area contributed by atoms with Crippen LogP contribution >= 0.6 is 0 Å². The van der Waals surface area contributed by atoms with Crippen LogP contribution in [0.25, 0.3) is 0 Å². The predicted octanol–water partition coefficient (Wildman–Crippen LogP) is 1.49. The number of aryl methyl sites for hydroxylation is 1. The molecule has 1 atom stereocenters. The van der Waals surface area contributed by atoms with Crippen LogP contribution in [0.4, 0.5) is 0 Å². The van der Waals surface area contributed by atoms with Gasteiger partial charge >= 0.3 is 0 Å². The van der Waals surface area contributed by atoms with E-state index in [-0.39, 0.29) is 5.75 Å². The van der Waals surface area contributed by atoms with Gasteiger partial charge in [0, 0.05) is 0 Å². The zero-order valence-corrected chi connectivity index (χ0v) is 7.16. The molecule has 2 rings (SSSR count). The molecule has 11 heavy (non-hydrogen) atoms. The van der Waals surface area contributed by atoms with Gasteiger partial charge in [-0.1, -0.05) is 0 Å². The van der Waals surface area contributed by atoms with Crippen LogP contribution in [0.1, 0.15) is 11.1 Å². The average Bonchev–Trinajstić information content (AvgIpc) is 2.58. The van der Waals surface area contributed by atoms with E-state index in [2.05, 4.69) is 0 Å². The van der Waals surface area contributed by atoms with E-state index >= 15 is 0 Å². The van der Waals surface area contributed by atoms with E-state index in [1.54, 1.807) is 6.07 Å². The van der Waals surface area contributed by atoms with Crippen LogP contribution < -0.4 is 0 Å². The van der Waals surface area contributed by atoms with Gasteiger partial charge in [0.15, 0.2) is 0 Å². The first-order chi connectivity index (χ1) is 5.13. The first-order valence-electron chi connectivity index (χ1n) is 3.38. The lowest BCUT2D eigenvalue weighted by atomic mass is 10.1. The summed E-state index contributed by atoms with van der Waals surface area (Å²) in [5.41, 5.74) is 2.06. The molecule has 1 aromatic rings. The third-order valence-corrected chi connectivity index (χ3v) is 3.51. The highest BCUT2D eigenvalue weighted by molar-refractivity contribution is 7.91. The Labute approximate surface area is 67.3 Å². The van der Waals surface area contributed by atoms with Crippen molar-refractivity contribution in [2.45, 2.75) is 23.6 Å². The fraction of sp³-hybridized carbons (Fsp3) is 0.250. The molecule has 58 valence electrons. The van der Waals surface area contributed by atoms with E-state index in [9.17, 15) is 9.32 Å². The Balaban J connectivity index is 2.78. The van der Waals surface area contributed by atoms with Crippen LogP contribution in [-0.4, -0.2) is 9.32 Å². The van der Waals surface area contributed by atoms with E-state index in [1.807, 2.05) is 13.8 Å². The van der Waals surface area contributed by atoms with E-state index in [0.717, 1.165) is 16.0 Å². The molecule has 0 spiro atoms. The lowest BCUT2D eigenvalue weighted by Gasteiger charge is -1.94. The van der Waals surface area contributed by atoms with E-state index in [1.165, 1.54) is 0 Å². The molecule has 0 aromatic heterocycles. The lowest BCUT2D eigenvalue weighted by molar-refractivity contribution is 0.461. The third-order valence-electron chi connectivity index (χ3n) is 2.05. The quantitative estimate of drug-likeness (QED) is 0.605. The first-order valence-corrected chi connectivity index (χ1v) is 4.53. The smallest absolute Gasteiger partial charge is 0.133 e. The lowest BCUT2D eigenvalue weighted by Crippen LogP contribution is -1.77. The number of benzene rings is 1. The minimum Gasteiger partial charge on any atom is -0.507 e. The Bertz CT molecular complexity index is 369. The number of fused-ring (bicyclic) bond motifs is 1. The SMILES string of the molecule is Cc1cc(O)c2c(c1C)S2=O. The van der Waals surface area contributed by atoms with Gasteiger partial charge in [-0.25, -0.2) is 4.21 Å². The number of hydrogen-bond acceptors (Lipinski definition) is 2. The summed E-state index contributed by atoms with van der Waals surface area (Å²) >= 11 is 0. The molecule has 1 aliphatic heterocycles. The van der Waals surface area contributed by atoms with Crippen molar-refractivity contribution in [3.05, 3.63) is 17.2 Å². The Morgan fingerprint density at radius 1 is 1.36 bits per heavy atom. The van der Waals surface area contributed by atoms with Crippen molar-refractivity contribution >= 4 is 10.8 Å². The molecule has 1 unspecified atom stereocenters. The Morgan fingerprint density at radius 2 is 2.00 bits per heavy atom. The van der Waals surface area contributed by atoms with Crippen molar-refractivity contribution in [1.82, 2.24) is 0 Å². The van der Waals surface area contributed by atoms with Crippen LogP contribution in [0.3, 0.4) is 0 Å². The summed E-state index contributed by atoms with van der Waals surface area (Å²) in [7, 11) is -0.998. The van der Waals surface area contributed by atoms with Crippen molar-refractivity contribution in [3.8, 4) is 5.75 Å². The van der Waals surface area contributed by atoms with Gasteiger partial charge in [-0.3, -0.25) is 0 Å². The van der Waals surface area contributed by atoms with Crippen LogP contribution in [-0.2, 0) is 10.8 Å². The molecule has 2 nitrogen and oxygen atoms in total. The maximum absolute atomic E-state index is 11.1. The summed E-state index contributed by atoms with van der Waals surface area (Å²) in [4.78, 5) is 1.47. The average molecular weight is 168 g/mol. The molecule has 0 fully saturated rings. The highest BCUT2D eigenvalue weighted by atomic mass is 32.2. The van der Waals surface area contributed by atoms with Crippen molar-refractivity contribution in [2.75, 3.05) is 0 Å². The second-order valence-corrected chi connectivity index (χ2v) is 4.12. The summed E-state index contributed by atoms with van der Waals surface area (Å²) in [5.74, 6) is 0.182. The molecule has 0 radical (unpaired) electrons. The second-order valence-electron chi connectivity index (χ2n) is 2.76. The molecule has 0 bridgehead atoms. The zero-order valence-electron chi connectivity index (χ0n) is 6.34. The number of aromatic hydroxyl groups is 1. The zero-order chi connectivity index (χ0) is 8.17. The summed E-state index contributed by atoms with van der Waals surface area (Å²) in [6, 6.07) is 1.67. The number of phenolic OH excluding ortho intramolecular Hbond substituents is 1. The largest absolute Gasteiger partial charge is 0.507 e. The molecule has 1 N–H and O–H groups in total. The Kier molecular flexibility index (Phi) is 1.16. The maximum atomic E-state index is 11.1. The number of rotatable bonds is 0. The maximum Gasteiger partial charge on any atom is 0.133 e. The molecular formula is C8H8O2S. The third kappa shape index (κ3) is 0.744. The minimum atomic E-state index is -0.998. The van der Waals surface area contributed by atoms with Gasteiger partial charge in [0.05, 0.1) is 15.7 Å². The van der Waals surface area contributed by atoms with E-state index < -0.39 is 10.8 Å². The van der Waals surface area contributed by atoms with Gasteiger partial charge in [0.25, 0.3) is 0 Å². The summed E-state index contributed by atoms with van der Waals surface area (Å²) in [6.07, 6.45) is 0. The van der Waals surface area contributed by atoms with Crippen LogP contribution in [0.2, 0.25) is 0 Å². The fourth-order valence-corrected chi connectivity index (χ4v) is 2.53. The molecule has 1 aliphatic rings. The van der Waals surface area contributed by atoms with Crippen molar-refractivity contribution in [2.24, 2.45) is 0 Å². The molecule has 0 saturated carbocycles. The summed E-state index contributed by atoms with van der Waals surface area (Å²) in [6.45, 7) is 3.84. The normalized spacial score (nSPS) is 19.6. The van der Waals surface area contributed by atoms with Gasteiger partial charge in [-0.15, -0.1) is 0 Å². The Hall–Kier alpha value is -0.830. The van der Waals surface area contributed by atoms with Crippen molar-refractivity contribution in [3.63, 3.8) is 0 Å². The van der Waals surface area contributed by atoms with Crippen LogP contribution in [0, 0.1) is 13.8 Å². The monoisotopic (exact) mass is 168 g/mol. The van der Waals surface area contributed by atoms with Gasteiger partial charge in [0.2, 0.25) is 0 Å². The fourth-order valence-electron chi connectivity index (χ4n) is 1.21. The highest BCUT2D eigenvalue weighted by Gasteiger charge is 2.35. The molecule has 3 heteroatoms. The summed E-state index contributed by atoms with van der Waals surface area (Å²) in [5, 5.41) is 9.25. The van der Waals surface area contributed by atoms with Crippen LogP contribution in [0.15, 0.2) is 15.9 Å².